The van der Waals surface area contributed by atoms with Crippen LogP contribution in [0.15, 0.2) is 30.6 Å². The molecule has 1 aliphatic heterocycles. The zero-order valence-corrected chi connectivity index (χ0v) is 15.6. The minimum absolute atomic E-state index is 0. The van der Waals surface area contributed by atoms with E-state index in [0.29, 0.717) is 32.5 Å². The number of halogens is 1. The number of nitrogens with zero attached hydrogens (tertiary/aromatic N) is 2. The van der Waals surface area contributed by atoms with Crippen LogP contribution in [0.3, 0.4) is 0 Å². The van der Waals surface area contributed by atoms with Crippen molar-refractivity contribution in [3.63, 3.8) is 0 Å². The molecule has 128 valence electrons. The third-order valence-corrected chi connectivity index (χ3v) is 3.72. The van der Waals surface area contributed by atoms with Gasteiger partial charge in [0.2, 0.25) is 12.3 Å². The number of piperidine rings is 1. The summed E-state index contributed by atoms with van der Waals surface area (Å²) in [6.07, 6.45) is 4.94. The lowest BCUT2D eigenvalue weighted by atomic mass is 9.92. The van der Waals surface area contributed by atoms with Gasteiger partial charge in [0.25, 0.3) is 0 Å². The summed E-state index contributed by atoms with van der Waals surface area (Å²) in [4.78, 5) is 26.0. The number of amides is 1. The molecule has 0 N–H and O–H groups in total. The molecular weight excluding hydrogens is 360 g/mol. The topological polar surface area (TPSA) is 50.5 Å². The molecule has 1 fully saturated rings. The first-order valence-electron chi connectivity index (χ1n) is 7.80. The lowest BCUT2D eigenvalue weighted by molar-refractivity contribution is -0.684. The quantitative estimate of drug-likeness (QED) is 0.640. The molecule has 0 spiro atoms. The SMILES string of the molecule is CC(C)(C)OC(=O)N1CCC(C(=O)C[n+]2ccccc2)CC1.[Br-]. The van der Waals surface area contributed by atoms with Crippen molar-refractivity contribution in [1.82, 2.24) is 4.90 Å². The molecule has 2 heterocycles. The molecule has 0 bridgehead atoms. The molecular formula is C17H25BrN2O3. The van der Waals surface area contributed by atoms with Crippen molar-refractivity contribution in [3.8, 4) is 0 Å². The standard InChI is InChI=1S/C17H25N2O3.BrH/c1-17(2,3)22-16(21)19-11-7-14(8-12-19)15(20)13-18-9-5-4-6-10-18;/h4-6,9-10,14H,7-8,11-13H2,1-3H3;1H/q+1;/p-1. The summed E-state index contributed by atoms with van der Waals surface area (Å²) in [5, 5.41) is 0. The van der Waals surface area contributed by atoms with E-state index < -0.39 is 5.60 Å². The van der Waals surface area contributed by atoms with Crippen LogP contribution < -0.4 is 21.5 Å². The van der Waals surface area contributed by atoms with E-state index in [4.69, 9.17) is 4.74 Å². The Morgan fingerprint density at radius 2 is 1.70 bits per heavy atom. The number of pyridine rings is 1. The van der Waals surface area contributed by atoms with Gasteiger partial charge in [-0.05, 0) is 33.6 Å². The number of ketones is 1. The van der Waals surface area contributed by atoms with Crippen LogP contribution in [0.25, 0.3) is 0 Å². The molecule has 0 radical (unpaired) electrons. The van der Waals surface area contributed by atoms with Crippen LogP contribution in [0.2, 0.25) is 0 Å². The first kappa shape index (κ1) is 19.6. The Bertz CT molecular complexity index is 520. The maximum atomic E-state index is 12.3. The minimum atomic E-state index is -0.478. The highest BCUT2D eigenvalue weighted by atomic mass is 79.9. The first-order chi connectivity index (χ1) is 10.3. The largest absolute Gasteiger partial charge is 1.00 e. The third-order valence-electron chi connectivity index (χ3n) is 3.72. The lowest BCUT2D eigenvalue weighted by Gasteiger charge is -2.32. The fourth-order valence-corrected chi connectivity index (χ4v) is 2.56. The maximum Gasteiger partial charge on any atom is 0.410 e. The zero-order chi connectivity index (χ0) is 16.2. The summed E-state index contributed by atoms with van der Waals surface area (Å²) in [6.45, 7) is 7.16. The number of hydrogen-bond donors (Lipinski definition) is 0. The number of carbonyl (C=O) groups is 2. The van der Waals surface area contributed by atoms with Crippen LogP contribution in [0.5, 0.6) is 0 Å². The van der Waals surface area contributed by atoms with Gasteiger partial charge in [0.15, 0.2) is 12.4 Å². The van der Waals surface area contributed by atoms with Gasteiger partial charge >= 0.3 is 6.09 Å². The van der Waals surface area contributed by atoms with Crippen LogP contribution in [0.1, 0.15) is 33.6 Å². The molecule has 1 aromatic rings. The predicted molar refractivity (Wildman–Crippen MR) is 82.2 cm³/mol. The van der Waals surface area contributed by atoms with E-state index in [1.807, 2.05) is 55.9 Å². The fraction of sp³-hybridized carbons (Fsp3) is 0.588. The average molecular weight is 385 g/mol. The van der Waals surface area contributed by atoms with Crippen LogP contribution in [0.4, 0.5) is 4.79 Å². The van der Waals surface area contributed by atoms with Crippen LogP contribution in [0, 0.1) is 5.92 Å². The fourth-order valence-electron chi connectivity index (χ4n) is 2.56. The van der Waals surface area contributed by atoms with Gasteiger partial charge in [-0.15, -0.1) is 0 Å². The van der Waals surface area contributed by atoms with Gasteiger partial charge in [0, 0.05) is 31.1 Å². The summed E-state index contributed by atoms with van der Waals surface area (Å²) >= 11 is 0. The van der Waals surface area contributed by atoms with Crippen molar-refractivity contribution in [1.29, 1.82) is 0 Å². The average Bonchev–Trinajstić information content (AvgIpc) is 2.46. The molecule has 5 nitrogen and oxygen atoms in total. The second kappa shape index (κ2) is 8.43. The Morgan fingerprint density at radius 3 is 2.22 bits per heavy atom. The normalized spacial score (nSPS) is 15.7. The molecule has 6 heteroatoms. The maximum absolute atomic E-state index is 12.3. The van der Waals surface area contributed by atoms with Gasteiger partial charge in [-0.1, -0.05) is 6.07 Å². The number of ether oxygens (including phenoxy) is 1. The van der Waals surface area contributed by atoms with Gasteiger partial charge in [-0.25, -0.2) is 4.79 Å². The monoisotopic (exact) mass is 384 g/mol. The molecule has 0 aliphatic carbocycles. The summed E-state index contributed by atoms with van der Waals surface area (Å²) < 4.78 is 7.26. The molecule has 2 rings (SSSR count). The van der Waals surface area contributed by atoms with E-state index in [1.165, 1.54) is 0 Å². The number of rotatable bonds is 3. The highest BCUT2D eigenvalue weighted by molar-refractivity contribution is 5.80. The lowest BCUT2D eigenvalue weighted by Crippen LogP contribution is -3.00. The van der Waals surface area contributed by atoms with Gasteiger partial charge in [0.1, 0.15) is 5.60 Å². The number of carbonyl (C=O) groups excluding carboxylic acids is 2. The van der Waals surface area contributed by atoms with E-state index in [9.17, 15) is 9.59 Å². The summed E-state index contributed by atoms with van der Waals surface area (Å²) in [7, 11) is 0. The second-order valence-electron chi connectivity index (χ2n) is 6.76. The van der Waals surface area contributed by atoms with E-state index in [1.54, 1.807) is 4.90 Å². The van der Waals surface area contributed by atoms with Crippen molar-refractivity contribution >= 4 is 11.9 Å². The Kier molecular flexibility index (Phi) is 7.19. The molecule has 1 saturated heterocycles. The number of likely N-dealkylation sites (tertiary alicyclic amines) is 1. The van der Waals surface area contributed by atoms with E-state index in [0.717, 1.165) is 0 Å². The van der Waals surface area contributed by atoms with E-state index >= 15 is 0 Å². The molecule has 1 amide bonds. The zero-order valence-electron chi connectivity index (χ0n) is 14.0. The third kappa shape index (κ3) is 6.29. The summed E-state index contributed by atoms with van der Waals surface area (Å²) in [5.41, 5.74) is -0.478. The van der Waals surface area contributed by atoms with Crippen LogP contribution in [-0.2, 0) is 16.1 Å². The number of Topliss-reactive ketones (excluding diaryl/α,β-unsaturated/α-hetero) is 1. The molecule has 23 heavy (non-hydrogen) atoms. The van der Waals surface area contributed by atoms with Gasteiger partial charge in [-0.2, -0.15) is 4.57 Å². The Hall–Kier alpha value is -1.43. The summed E-state index contributed by atoms with van der Waals surface area (Å²) in [5.74, 6) is 0.270. The molecule has 0 unspecified atom stereocenters. The van der Waals surface area contributed by atoms with Gasteiger partial charge in [-0.3, -0.25) is 4.79 Å². The Morgan fingerprint density at radius 1 is 1.13 bits per heavy atom. The van der Waals surface area contributed by atoms with Crippen molar-refractivity contribution in [2.75, 3.05) is 13.1 Å². The smallest absolute Gasteiger partial charge is 0.410 e. The highest BCUT2D eigenvalue weighted by Gasteiger charge is 2.30. The first-order valence-corrected chi connectivity index (χ1v) is 7.80. The number of aromatic nitrogens is 1. The molecule has 0 aromatic carbocycles. The predicted octanol–water partition coefficient (Wildman–Crippen LogP) is -0.806. The Balaban J connectivity index is 0.00000264. The molecule has 1 aliphatic rings. The van der Waals surface area contributed by atoms with Gasteiger partial charge < -0.3 is 26.6 Å². The minimum Gasteiger partial charge on any atom is -1.00 e. The van der Waals surface area contributed by atoms with Crippen LogP contribution >= 0.6 is 0 Å². The van der Waals surface area contributed by atoms with Gasteiger partial charge in [0.05, 0.1) is 0 Å². The Labute approximate surface area is 148 Å². The van der Waals surface area contributed by atoms with Crippen molar-refractivity contribution in [3.05, 3.63) is 30.6 Å². The van der Waals surface area contributed by atoms with E-state index in [-0.39, 0.29) is 34.8 Å². The van der Waals surface area contributed by atoms with Crippen molar-refractivity contribution in [2.24, 2.45) is 5.92 Å². The highest BCUT2D eigenvalue weighted by Crippen LogP contribution is 2.20. The summed E-state index contributed by atoms with van der Waals surface area (Å²) in [6, 6.07) is 5.76. The molecule has 0 saturated carbocycles. The van der Waals surface area contributed by atoms with Crippen LogP contribution in [-0.4, -0.2) is 35.5 Å². The van der Waals surface area contributed by atoms with Crippen molar-refractivity contribution < 1.29 is 35.9 Å². The van der Waals surface area contributed by atoms with Crippen molar-refractivity contribution in [2.45, 2.75) is 45.8 Å². The second-order valence-corrected chi connectivity index (χ2v) is 6.76. The van der Waals surface area contributed by atoms with E-state index in [2.05, 4.69) is 0 Å². The number of hydrogen-bond acceptors (Lipinski definition) is 3. The molecule has 0 atom stereocenters. The molecule has 1 aromatic heterocycles.